The van der Waals surface area contributed by atoms with Crippen LogP contribution in [0.3, 0.4) is 0 Å². The van der Waals surface area contributed by atoms with Crippen molar-refractivity contribution < 1.29 is 23.9 Å². The minimum absolute atomic E-state index is 0.0116. The fourth-order valence-corrected chi connectivity index (χ4v) is 3.61. The van der Waals surface area contributed by atoms with E-state index in [4.69, 9.17) is 9.47 Å². The average molecular weight is 450 g/mol. The van der Waals surface area contributed by atoms with Crippen LogP contribution in [0.5, 0.6) is 5.75 Å². The van der Waals surface area contributed by atoms with Crippen LogP contribution in [0.1, 0.15) is 28.8 Å². The Hall–Kier alpha value is -3.81. The number of esters is 1. The predicted molar refractivity (Wildman–Crippen MR) is 123 cm³/mol. The molecule has 0 unspecified atom stereocenters. The van der Waals surface area contributed by atoms with Crippen LogP contribution >= 0.6 is 0 Å². The van der Waals surface area contributed by atoms with Crippen molar-refractivity contribution in [1.29, 1.82) is 0 Å². The quantitative estimate of drug-likeness (QED) is 0.463. The number of hydrogen-bond acceptors (Lipinski definition) is 5. The maximum absolute atomic E-state index is 12.5. The number of amides is 2. The first kappa shape index (κ1) is 22.4. The van der Waals surface area contributed by atoms with E-state index < -0.39 is 5.97 Å². The lowest BCUT2D eigenvalue weighted by molar-refractivity contribution is -0.123. The number of benzene rings is 2. The number of hydrogen-bond donors (Lipinski definition) is 2. The molecule has 1 saturated carbocycles. The second-order valence-corrected chi connectivity index (χ2v) is 8.05. The van der Waals surface area contributed by atoms with Crippen molar-refractivity contribution in [2.75, 3.05) is 20.3 Å². The van der Waals surface area contributed by atoms with Crippen molar-refractivity contribution in [3.8, 4) is 5.75 Å². The van der Waals surface area contributed by atoms with Gasteiger partial charge in [0.2, 0.25) is 5.91 Å². The molecule has 33 heavy (non-hydrogen) atoms. The zero-order valence-electron chi connectivity index (χ0n) is 18.5. The zero-order valence-corrected chi connectivity index (χ0v) is 18.5. The second kappa shape index (κ2) is 10.2. The van der Waals surface area contributed by atoms with E-state index >= 15 is 0 Å². The Labute approximate surface area is 191 Å². The molecular formula is C25H27N3O5. The van der Waals surface area contributed by atoms with E-state index in [2.05, 4.69) is 10.6 Å². The Morgan fingerprint density at radius 3 is 2.52 bits per heavy atom. The summed E-state index contributed by atoms with van der Waals surface area (Å²) in [5.74, 6) is -0.0387. The van der Waals surface area contributed by atoms with E-state index in [1.807, 2.05) is 48.5 Å². The molecule has 0 bridgehead atoms. The number of nitrogens with zero attached hydrogens (tertiary/aromatic N) is 1. The number of nitrogens with one attached hydrogen (secondary N) is 2. The third-order valence-corrected chi connectivity index (χ3v) is 5.48. The van der Waals surface area contributed by atoms with Gasteiger partial charge in [-0.05, 0) is 43.0 Å². The highest BCUT2D eigenvalue weighted by atomic mass is 16.5. The van der Waals surface area contributed by atoms with Crippen LogP contribution in [0.2, 0.25) is 0 Å². The fraction of sp³-hybridized carbons (Fsp3) is 0.320. The third-order valence-electron chi connectivity index (χ3n) is 5.48. The van der Waals surface area contributed by atoms with Crippen LogP contribution in [0.15, 0.2) is 54.7 Å². The van der Waals surface area contributed by atoms with Gasteiger partial charge in [-0.15, -0.1) is 0 Å². The number of rotatable bonds is 10. The molecule has 1 aliphatic rings. The molecule has 0 saturated heterocycles. The molecule has 0 radical (unpaired) electrons. The molecule has 1 fully saturated rings. The topological polar surface area (TPSA) is 98.7 Å². The summed E-state index contributed by atoms with van der Waals surface area (Å²) in [6.07, 6.45) is 4.41. The van der Waals surface area contributed by atoms with Crippen LogP contribution in [0.25, 0.3) is 10.9 Å². The van der Waals surface area contributed by atoms with Gasteiger partial charge in [0.1, 0.15) is 12.3 Å². The molecule has 1 heterocycles. The maximum Gasteiger partial charge on any atom is 0.340 e. The summed E-state index contributed by atoms with van der Waals surface area (Å²) >= 11 is 0. The first-order valence-corrected chi connectivity index (χ1v) is 11.0. The molecule has 2 amide bonds. The first-order chi connectivity index (χ1) is 16.0. The summed E-state index contributed by atoms with van der Waals surface area (Å²) in [6.45, 7) is 0.594. The predicted octanol–water partition coefficient (Wildman–Crippen LogP) is 2.44. The Kier molecular flexibility index (Phi) is 6.92. The van der Waals surface area contributed by atoms with E-state index in [1.165, 1.54) is 7.11 Å². The van der Waals surface area contributed by atoms with E-state index in [-0.39, 0.29) is 25.0 Å². The molecule has 8 nitrogen and oxygen atoms in total. The lowest BCUT2D eigenvalue weighted by Crippen LogP contribution is -2.30. The maximum atomic E-state index is 12.5. The van der Waals surface area contributed by atoms with Crippen molar-refractivity contribution in [3.63, 3.8) is 0 Å². The first-order valence-electron chi connectivity index (χ1n) is 11.0. The number of fused-ring (bicyclic) bond motifs is 1. The van der Waals surface area contributed by atoms with Gasteiger partial charge >= 0.3 is 5.97 Å². The highest BCUT2D eigenvalue weighted by Gasteiger charge is 2.23. The number of carbonyl (C=O) groups excluding carboxylic acids is 3. The Balaban J connectivity index is 1.25. The summed E-state index contributed by atoms with van der Waals surface area (Å²) in [6, 6.07) is 15.2. The van der Waals surface area contributed by atoms with Gasteiger partial charge in [-0.25, -0.2) is 4.79 Å². The summed E-state index contributed by atoms with van der Waals surface area (Å²) < 4.78 is 12.1. The molecule has 1 aliphatic carbocycles. The van der Waals surface area contributed by atoms with Crippen LogP contribution in [0.4, 0.5) is 0 Å². The van der Waals surface area contributed by atoms with Gasteiger partial charge in [-0.3, -0.25) is 9.59 Å². The minimum Gasteiger partial charge on any atom is -0.484 e. The van der Waals surface area contributed by atoms with Crippen LogP contribution in [-0.2, 0) is 27.3 Å². The van der Waals surface area contributed by atoms with Crippen LogP contribution in [-0.4, -0.2) is 48.7 Å². The molecule has 0 atom stereocenters. The van der Waals surface area contributed by atoms with Crippen molar-refractivity contribution in [2.24, 2.45) is 0 Å². The Morgan fingerprint density at radius 2 is 1.79 bits per heavy atom. The fourth-order valence-electron chi connectivity index (χ4n) is 3.61. The number of ether oxygens (including phenoxy) is 2. The van der Waals surface area contributed by atoms with Gasteiger partial charge < -0.3 is 24.7 Å². The molecule has 2 N–H and O–H groups in total. The average Bonchev–Trinajstić information content (AvgIpc) is 3.57. The molecule has 2 aromatic carbocycles. The second-order valence-electron chi connectivity index (χ2n) is 8.05. The summed E-state index contributed by atoms with van der Waals surface area (Å²) in [5, 5.41) is 6.55. The zero-order chi connectivity index (χ0) is 23.2. The summed E-state index contributed by atoms with van der Waals surface area (Å²) in [5.41, 5.74) is 2.28. The highest BCUT2D eigenvalue weighted by Crippen LogP contribution is 2.22. The van der Waals surface area contributed by atoms with E-state index in [9.17, 15) is 14.4 Å². The van der Waals surface area contributed by atoms with Gasteiger partial charge in [0.25, 0.3) is 5.91 Å². The van der Waals surface area contributed by atoms with Crippen molar-refractivity contribution in [2.45, 2.75) is 31.8 Å². The number of para-hydroxylation sites is 1. The molecule has 0 spiro atoms. The molecule has 3 aromatic rings. The number of carbonyl (C=O) groups is 3. The minimum atomic E-state index is -0.429. The molecular weight excluding hydrogens is 422 g/mol. The largest absolute Gasteiger partial charge is 0.484 e. The SMILES string of the molecule is COC(=O)c1cn(CC(=O)NCCc2ccc(OCC(=O)NC3CC3)cc2)c2ccccc12. The van der Waals surface area contributed by atoms with E-state index in [0.29, 0.717) is 30.3 Å². The van der Waals surface area contributed by atoms with Crippen molar-refractivity contribution in [1.82, 2.24) is 15.2 Å². The standard InChI is InChI=1S/C25H27N3O5/c1-32-25(31)21-14-28(22-5-3-2-4-20(21)22)15-23(29)26-13-12-17-6-10-19(11-7-17)33-16-24(30)27-18-8-9-18/h2-7,10-11,14,18H,8-9,12-13,15-16H2,1H3,(H,26,29)(H,27,30). The van der Waals surface area contributed by atoms with E-state index in [0.717, 1.165) is 29.3 Å². The van der Waals surface area contributed by atoms with Gasteiger partial charge in [-0.2, -0.15) is 0 Å². The van der Waals surface area contributed by atoms with E-state index in [1.54, 1.807) is 10.8 Å². The monoisotopic (exact) mass is 449 g/mol. The van der Waals surface area contributed by atoms with Crippen LogP contribution in [0, 0.1) is 0 Å². The number of aromatic nitrogens is 1. The van der Waals surface area contributed by atoms with Gasteiger partial charge in [0, 0.05) is 29.7 Å². The molecule has 4 rings (SSSR count). The molecule has 0 aliphatic heterocycles. The third kappa shape index (κ3) is 5.91. The van der Waals surface area contributed by atoms with Gasteiger partial charge in [0.05, 0.1) is 12.7 Å². The molecule has 8 heteroatoms. The van der Waals surface area contributed by atoms with Crippen LogP contribution < -0.4 is 15.4 Å². The molecule has 172 valence electrons. The Morgan fingerprint density at radius 1 is 1.03 bits per heavy atom. The molecule has 1 aromatic heterocycles. The summed E-state index contributed by atoms with van der Waals surface area (Å²) in [7, 11) is 1.34. The smallest absolute Gasteiger partial charge is 0.340 e. The van der Waals surface area contributed by atoms with Crippen molar-refractivity contribution >= 4 is 28.7 Å². The van der Waals surface area contributed by atoms with Gasteiger partial charge in [0.15, 0.2) is 6.61 Å². The normalized spacial score (nSPS) is 12.9. The number of methoxy groups -OCH3 is 1. The van der Waals surface area contributed by atoms with Gasteiger partial charge in [-0.1, -0.05) is 30.3 Å². The lowest BCUT2D eigenvalue weighted by atomic mass is 10.1. The highest BCUT2D eigenvalue weighted by molar-refractivity contribution is 6.04. The lowest BCUT2D eigenvalue weighted by Gasteiger charge is -2.09. The summed E-state index contributed by atoms with van der Waals surface area (Å²) in [4.78, 5) is 36.2. The Bertz CT molecular complexity index is 1150. The van der Waals surface area contributed by atoms with Crippen molar-refractivity contribution in [3.05, 3.63) is 65.9 Å².